The zero-order chi connectivity index (χ0) is 19.9. The number of halogens is 5. The summed E-state index contributed by atoms with van der Waals surface area (Å²) >= 11 is 0. The summed E-state index contributed by atoms with van der Waals surface area (Å²) in [5, 5.41) is 3.99. The molecule has 0 radical (unpaired) electrons. The summed E-state index contributed by atoms with van der Waals surface area (Å²) < 4.78 is 67.6. The number of hydrogen-bond donors (Lipinski definition) is 1. The summed E-state index contributed by atoms with van der Waals surface area (Å²) in [5.74, 6) is -2.27. The highest BCUT2D eigenvalue weighted by molar-refractivity contribution is 5.56. The van der Waals surface area contributed by atoms with E-state index in [1.807, 2.05) is 0 Å². The average molecular weight is 384 g/mol. The first kappa shape index (κ1) is 18.7. The lowest BCUT2D eigenvalue weighted by Crippen LogP contribution is -2.14. The lowest BCUT2D eigenvalue weighted by Gasteiger charge is -2.16. The van der Waals surface area contributed by atoms with E-state index in [1.165, 1.54) is 30.1 Å². The van der Waals surface area contributed by atoms with Gasteiger partial charge in [-0.2, -0.15) is 18.3 Å². The van der Waals surface area contributed by atoms with Gasteiger partial charge in [-0.3, -0.25) is 9.48 Å². The third-order valence-corrected chi connectivity index (χ3v) is 3.98. The minimum Gasteiger partial charge on any atom is -0.311 e. The Morgan fingerprint density at radius 1 is 1.15 bits per heavy atom. The van der Waals surface area contributed by atoms with Gasteiger partial charge in [-0.05, 0) is 26.0 Å². The van der Waals surface area contributed by atoms with Gasteiger partial charge in [0.05, 0.1) is 23.5 Å². The van der Waals surface area contributed by atoms with Gasteiger partial charge in [0.1, 0.15) is 17.5 Å². The van der Waals surface area contributed by atoms with Crippen LogP contribution in [0.15, 0.2) is 35.4 Å². The van der Waals surface area contributed by atoms with Gasteiger partial charge >= 0.3 is 6.18 Å². The number of nitrogens with one attached hydrogen (secondary N) is 1. The highest BCUT2D eigenvalue weighted by atomic mass is 19.4. The number of rotatable bonds is 3. The van der Waals surface area contributed by atoms with Crippen LogP contribution in [-0.4, -0.2) is 19.7 Å². The minimum absolute atomic E-state index is 0.251. The molecule has 0 amide bonds. The molecule has 27 heavy (non-hydrogen) atoms. The SMILES string of the molecule is Cc1nc(-c2cnn(C(C)c3c(F)cc(C(F)(F)F)cc3F)c2)cc(=O)[nH]1. The van der Waals surface area contributed by atoms with Crippen LogP contribution >= 0.6 is 0 Å². The van der Waals surface area contributed by atoms with E-state index in [1.54, 1.807) is 6.92 Å². The quantitative estimate of drug-likeness (QED) is 0.698. The van der Waals surface area contributed by atoms with Crippen molar-refractivity contribution in [2.24, 2.45) is 0 Å². The Morgan fingerprint density at radius 3 is 2.33 bits per heavy atom. The molecule has 1 unspecified atom stereocenters. The number of hydrogen-bond acceptors (Lipinski definition) is 3. The second-order valence-corrected chi connectivity index (χ2v) is 5.95. The lowest BCUT2D eigenvalue weighted by atomic mass is 10.0. The zero-order valence-electron chi connectivity index (χ0n) is 14.1. The van der Waals surface area contributed by atoms with Crippen LogP contribution in [0.4, 0.5) is 22.0 Å². The van der Waals surface area contributed by atoms with Gasteiger partial charge in [0.2, 0.25) is 0 Å². The lowest BCUT2D eigenvalue weighted by molar-refractivity contribution is -0.138. The van der Waals surface area contributed by atoms with Crippen molar-refractivity contribution in [3.63, 3.8) is 0 Å². The van der Waals surface area contributed by atoms with E-state index in [4.69, 9.17) is 0 Å². The molecule has 5 nitrogen and oxygen atoms in total. The van der Waals surface area contributed by atoms with E-state index in [9.17, 15) is 26.7 Å². The number of aromatic amines is 1. The maximum absolute atomic E-state index is 14.2. The summed E-state index contributed by atoms with van der Waals surface area (Å²) in [6.45, 7) is 2.98. The normalized spacial score (nSPS) is 13.0. The molecule has 2 aromatic heterocycles. The van der Waals surface area contributed by atoms with Crippen molar-refractivity contribution in [3.05, 3.63) is 69.5 Å². The predicted molar refractivity (Wildman–Crippen MR) is 86.0 cm³/mol. The minimum atomic E-state index is -4.85. The molecule has 3 aromatic rings. The highest BCUT2D eigenvalue weighted by Gasteiger charge is 2.33. The van der Waals surface area contributed by atoms with Crippen LogP contribution in [0.5, 0.6) is 0 Å². The average Bonchev–Trinajstić information content (AvgIpc) is 3.02. The Labute approximate surface area is 149 Å². The third kappa shape index (κ3) is 3.74. The molecule has 0 aliphatic carbocycles. The van der Waals surface area contributed by atoms with Gasteiger partial charge in [-0.15, -0.1) is 0 Å². The van der Waals surface area contributed by atoms with Gasteiger partial charge in [-0.1, -0.05) is 0 Å². The smallest absolute Gasteiger partial charge is 0.311 e. The maximum Gasteiger partial charge on any atom is 0.416 e. The molecule has 0 bridgehead atoms. The summed E-state index contributed by atoms with van der Waals surface area (Å²) in [5.41, 5.74) is -1.60. The van der Waals surface area contributed by atoms with Gasteiger partial charge in [0.25, 0.3) is 5.56 Å². The fourth-order valence-electron chi connectivity index (χ4n) is 2.69. The fourth-order valence-corrected chi connectivity index (χ4v) is 2.69. The standard InChI is InChI=1S/C17H13F5N4O/c1-8(16-12(18)3-11(4-13(16)19)17(20,21)22)26-7-10(6-23-26)14-5-15(27)25-9(2)24-14/h3-8H,1-2H3,(H,24,25,27). The van der Waals surface area contributed by atoms with Crippen LogP contribution in [0.3, 0.4) is 0 Å². The van der Waals surface area contributed by atoms with E-state index in [-0.39, 0.29) is 17.7 Å². The summed E-state index contributed by atoms with van der Waals surface area (Å²) in [6.07, 6.45) is -2.10. The summed E-state index contributed by atoms with van der Waals surface area (Å²) in [7, 11) is 0. The number of H-pyrrole nitrogens is 1. The molecule has 0 aliphatic rings. The molecule has 10 heteroatoms. The topological polar surface area (TPSA) is 63.6 Å². The van der Waals surface area contributed by atoms with Crippen molar-refractivity contribution in [1.29, 1.82) is 0 Å². The molecule has 0 saturated carbocycles. The predicted octanol–water partition coefficient (Wildman–Crippen LogP) is 3.85. The number of aromatic nitrogens is 4. The highest BCUT2D eigenvalue weighted by Crippen LogP contribution is 2.34. The first-order valence-electron chi connectivity index (χ1n) is 7.75. The van der Waals surface area contributed by atoms with E-state index >= 15 is 0 Å². The van der Waals surface area contributed by atoms with Crippen LogP contribution in [0.2, 0.25) is 0 Å². The Kier molecular flexibility index (Phi) is 4.58. The van der Waals surface area contributed by atoms with Crippen molar-refractivity contribution in [2.45, 2.75) is 26.1 Å². The third-order valence-electron chi connectivity index (χ3n) is 3.98. The van der Waals surface area contributed by atoms with Crippen LogP contribution in [0.25, 0.3) is 11.3 Å². The summed E-state index contributed by atoms with van der Waals surface area (Å²) in [6, 6.07) is 0.712. The largest absolute Gasteiger partial charge is 0.416 e. The molecule has 142 valence electrons. The van der Waals surface area contributed by atoms with Gasteiger partial charge in [-0.25, -0.2) is 13.8 Å². The number of aryl methyl sites for hydroxylation is 1. The Morgan fingerprint density at radius 2 is 1.78 bits per heavy atom. The molecule has 1 N–H and O–H groups in total. The Bertz CT molecular complexity index is 1030. The van der Waals surface area contributed by atoms with Crippen molar-refractivity contribution >= 4 is 0 Å². The Balaban J connectivity index is 1.99. The molecule has 0 fully saturated rings. The molecule has 1 atom stereocenters. The number of alkyl halides is 3. The molecular weight excluding hydrogens is 371 g/mol. The van der Waals surface area contributed by atoms with Crippen LogP contribution in [0.1, 0.15) is 29.9 Å². The van der Waals surface area contributed by atoms with E-state index in [0.29, 0.717) is 17.1 Å². The zero-order valence-corrected chi connectivity index (χ0v) is 14.1. The van der Waals surface area contributed by atoms with E-state index < -0.39 is 35.0 Å². The van der Waals surface area contributed by atoms with Crippen molar-refractivity contribution in [2.75, 3.05) is 0 Å². The molecule has 3 rings (SSSR count). The molecule has 0 saturated heterocycles. The second kappa shape index (κ2) is 6.60. The molecular formula is C17H13F5N4O. The fraction of sp³-hybridized carbons (Fsp3) is 0.235. The number of benzene rings is 1. The Hall–Kier alpha value is -3.04. The molecule has 2 heterocycles. The molecule has 0 spiro atoms. The van der Waals surface area contributed by atoms with Crippen molar-refractivity contribution in [3.8, 4) is 11.3 Å². The van der Waals surface area contributed by atoms with Crippen molar-refractivity contribution < 1.29 is 22.0 Å². The van der Waals surface area contributed by atoms with Gasteiger partial charge in [0, 0.05) is 23.4 Å². The van der Waals surface area contributed by atoms with Crippen LogP contribution in [0, 0.1) is 18.6 Å². The van der Waals surface area contributed by atoms with Gasteiger partial charge < -0.3 is 4.98 Å². The van der Waals surface area contributed by atoms with Crippen LogP contribution in [-0.2, 0) is 6.18 Å². The first-order chi connectivity index (χ1) is 12.6. The van der Waals surface area contributed by atoms with E-state index in [0.717, 1.165) is 0 Å². The van der Waals surface area contributed by atoms with Crippen LogP contribution < -0.4 is 5.56 Å². The first-order valence-corrected chi connectivity index (χ1v) is 7.75. The monoisotopic (exact) mass is 384 g/mol. The maximum atomic E-state index is 14.2. The van der Waals surface area contributed by atoms with Crippen molar-refractivity contribution in [1.82, 2.24) is 19.7 Å². The molecule has 0 aliphatic heterocycles. The van der Waals surface area contributed by atoms with E-state index in [2.05, 4.69) is 15.1 Å². The van der Waals surface area contributed by atoms with Gasteiger partial charge in [0.15, 0.2) is 0 Å². The molecule has 1 aromatic carbocycles. The summed E-state index contributed by atoms with van der Waals surface area (Å²) in [4.78, 5) is 18.2. The number of nitrogens with zero attached hydrogens (tertiary/aromatic N) is 3. The second-order valence-electron chi connectivity index (χ2n) is 5.95.